The zero-order valence-corrected chi connectivity index (χ0v) is 15.1. The van der Waals surface area contributed by atoms with Crippen molar-refractivity contribution in [2.75, 3.05) is 52.4 Å². The van der Waals surface area contributed by atoms with Crippen LogP contribution in [0.15, 0.2) is 12.7 Å². The van der Waals surface area contributed by atoms with E-state index < -0.39 is 0 Å². The highest BCUT2D eigenvalue weighted by molar-refractivity contribution is 5.85. The largest absolute Gasteiger partial charge is 0.352 e. The SMILES string of the molecule is C=CCNC(=O)CN1CCN(C(=O)C2CCNCC2)CC1.Cl.Cl. The molecule has 0 atom stereocenters. The fraction of sp³-hybridized carbons (Fsp3) is 0.733. The molecule has 0 aliphatic carbocycles. The molecule has 2 rings (SSSR count). The molecule has 0 aromatic heterocycles. The number of carbonyl (C=O) groups is 2. The van der Waals surface area contributed by atoms with E-state index in [1.165, 1.54) is 0 Å². The number of hydrogen-bond acceptors (Lipinski definition) is 4. The average molecular weight is 367 g/mol. The van der Waals surface area contributed by atoms with Crippen LogP contribution in [0.1, 0.15) is 12.8 Å². The molecule has 0 unspecified atom stereocenters. The van der Waals surface area contributed by atoms with Gasteiger partial charge in [0.15, 0.2) is 0 Å². The number of halogens is 2. The zero-order valence-electron chi connectivity index (χ0n) is 13.5. The van der Waals surface area contributed by atoms with Gasteiger partial charge < -0.3 is 15.5 Å². The van der Waals surface area contributed by atoms with Crippen LogP contribution in [0.5, 0.6) is 0 Å². The Bertz CT molecular complexity index is 382. The Morgan fingerprint density at radius 2 is 1.74 bits per heavy atom. The molecule has 134 valence electrons. The molecule has 23 heavy (non-hydrogen) atoms. The normalized spacial score (nSPS) is 19.2. The predicted octanol–water partition coefficient (Wildman–Crippen LogP) is 0.276. The first-order chi connectivity index (χ1) is 10.2. The first-order valence-corrected chi connectivity index (χ1v) is 7.80. The van der Waals surface area contributed by atoms with Gasteiger partial charge >= 0.3 is 0 Å². The number of rotatable bonds is 5. The highest BCUT2D eigenvalue weighted by atomic mass is 35.5. The van der Waals surface area contributed by atoms with Gasteiger partial charge in [0.25, 0.3) is 0 Å². The number of hydrogen-bond donors (Lipinski definition) is 2. The molecule has 0 bridgehead atoms. The van der Waals surface area contributed by atoms with Gasteiger partial charge in [0.1, 0.15) is 0 Å². The van der Waals surface area contributed by atoms with Gasteiger partial charge in [-0.1, -0.05) is 6.08 Å². The molecule has 0 aromatic rings. The molecular weight excluding hydrogens is 339 g/mol. The van der Waals surface area contributed by atoms with Crippen LogP contribution in [0.3, 0.4) is 0 Å². The van der Waals surface area contributed by atoms with Gasteiger partial charge in [-0.25, -0.2) is 0 Å². The summed E-state index contributed by atoms with van der Waals surface area (Å²) in [6.07, 6.45) is 3.57. The molecular formula is C15H28Cl2N4O2. The van der Waals surface area contributed by atoms with Crippen LogP contribution in [-0.2, 0) is 9.59 Å². The molecule has 2 saturated heterocycles. The minimum atomic E-state index is 0. The van der Waals surface area contributed by atoms with Crippen LogP contribution in [0, 0.1) is 5.92 Å². The summed E-state index contributed by atoms with van der Waals surface area (Å²) in [5.41, 5.74) is 0. The molecule has 0 radical (unpaired) electrons. The van der Waals surface area contributed by atoms with Gasteiger partial charge in [0.2, 0.25) is 11.8 Å². The number of amides is 2. The van der Waals surface area contributed by atoms with Crippen LogP contribution in [0.25, 0.3) is 0 Å². The average Bonchev–Trinajstić information content (AvgIpc) is 2.54. The van der Waals surface area contributed by atoms with E-state index in [-0.39, 0.29) is 36.6 Å². The van der Waals surface area contributed by atoms with E-state index in [9.17, 15) is 9.59 Å². The molecule has 2 aliphatic heterocycles. The summed E-state index contributed by atoms with van der Waals surface area (Å²) in [7, 11) is 0. The number of carbonyl (C=O) groups excluding carboxylic acids is 2. The first kappa shape index (κ1) is 22.2. The number of nitrogens with one attached hydrogen (secondary N) is 2. The molecule has 2 amide bonds. The van der Waals surface area contributed by atoms with Crippen molar-refractivity contribution in [2.24, 2.45) is 5.92 Å². The summed E-state index contributed by atoms with van der Waals surface area (Å²) in [6.45, 7) is 9.40. The third kappa shape index (κ3) is 7.08. The van der Waals surface area contributed by atoms with Crippen LogP contribution in [0.2, 0.25) is 0 Å². The summed E-state index contributed by atoms with van der Waals surface area (Å²) >= 11 is 0. The topological polar surface area (TPSA) is 64.7 Å². The molecule has 2 heterocycles. The third-order valence-corrected chi connectivity index (χ3v) is 4.18. The molecule has 2 N–H and O–H groups in total. The fourth-order valence-electron chi connectivity index (χ4n) is 2.90. The van der Waals surface area contributed by atoms with Crippen molar-refractivity contribution in [2.45, 2.75) is 12.8 Å². The minimum absolute atomic E-state index is 0. The van der Waals surface area contributed by atoms with E-state index in [4.69, 9.17) is 0 Å². The molecule has 6 nitrogen and oxygen atoms in total. The maximum absolute atomic E-state index is 12.4. The van der Waals surface area contributed by atoms with Crippen molar-refractivity contribution in [3.8, 4) is 0 Å². The molecule has 0 spiro atoms. The summed E-state index contributed by atoms with van der Waals surface area (Å²) in [6, 6.07) is 0. The van der Waals surface area contributed by atoms with Crippen LogP contribution in [0.4, 0.5) is 0 Å². The van der Waals surface area contributed by atoms with Crippen molar-refractivity contribution < 1.29 is 9.59 Å². The fourth-order valence-corrected chi connectivity index (χ4v) is 2.90. The van der Waals surface area contributed by atoms with E-state index in [1.807, 2.05) is 4.90 Å². The van der Waals surface area contributed by atoms with Gasteiger partial charge in [-0.05, 0) is 25.9 Å². The Labute approximate surface area is 150 Å². The van der Waals surface area contributed by atoms with Crippen molar-refractivity contribution in [3.63, 3.8) is 0 Å². The van der Waals surface area contributed by atoms with Crippen molar-refractivity contribution >= 4 is 36.6 Å². The van der Waals surface area contributed by atoms with Gasteiger partial charge in [-0.3, -0.25) is 14.5 Å². The van der Waals surface area contributed by atoms with Crippen LogP contribution in [-0.4, -0.2) is 74.0 Å². The lowest BCUT2D eigenvalue weighted by molar-refractivity contribution is -0.138. The first-order valence-electron chi connectivity index (χ1n) is 7.80. The Morgan fingerprint density at radius 1 is 1.13 bits per heavy atom. The second kappa shape index (κ2) is 11.7. The Morgan fingerprint density at radius 3 is 2.30 bits per heavy atom. The van der Waals surface area contributed by atoms with Gasteiger partial charge in [0.05, 0.1) is 6.54 Å². The predicted molar refractivity (Wildman–Crippen MR) is 96.3 cm³/mol. The number of nitrogens with zero attached hydrogens (tertiary/aromatic N) is 2. The standard InChI is InChI=1S/C15H26N4O2.2ClH/c1-2-5-17-14(20)12-18-8-10-19(11-9-18)15(21)13-3-6-16-7-4-13;;/h2,13,16H,1,3-12H2,(H,17,20);2*1H. The second-order valence-corrected chi connectivity index (χ2v) is 5.72. The van der Waals surface area contributed by atoms with E-state index in [2.05, 4.69) is 22.1 Å². The third-order valence-electron chi connectivity index (χ3n) is 4.18. The highest BCUT2D eigenvalue weighted by Gasteiger charge is 2.28. The summed E-state index contributed by atoms with van der Waals surface area (Å²) in [5, 5.41) is 6.07. The Hall–Kier alpha value is -0.820. The molecule has 0 saturated carbocycles. The van der Waals surface area contributed by atoms with Crippen LogP contribution < -0.4 is 10.6 Å². The number of piperazine rings is 1. The Balaban J connectivity index is 0.00000242. The Kier molecular flexibility index (Phi) is 11.3. The monoisotopic (exact) mass is 366 g/mol. The zero-order chi connectivity index (χ0) is 15.1. The molecule has 8 heteroatoms. The minimum Gasteiger partial charge on any atom is -0.352 e. The van der Waals surface area contributed by atoms with Gasteiger partial charge in [-0.15, -0.1) is 31.4 Å². The van der Waals surface area contributed by atoms with E-state index in [0.29, 0.717) is 19.0 Å². The maximum atomic E-state index is 12.4. The van der Waals surface area contributed by atoms with E-state index in [0.717, 1.165) is 52.1 Å². The molecule has 0 aromatic carbocycles. The second-order valence-electron chi connectivity index (χ2n) is 5.72. The van der Waals surface area contributed by atoms with Crippen molar-refractivity contribution in [1.82, 2.24) is 20.4 Å². The summed E-state index contributed by atoms with van der Waals surface area (Å²) in [5.74, 6) is 0.508. The van der Waals surface area contributed by atoms with Crippen molar-refractivity contribution in [1.29, 1.82) is 0 Å². The summed E-state index contributed by atoms with van der Waals surface area (Å²) in [4.78, 5) is 28.1. The van der Waals surface area contributed by atoms with Crippen LogP contribution >= 0.6 is 24.8 Å². The summed E-state index contributed by atoms with van der Waals surface area (Å²) < 4.78 is 0. The molecule has 2 aliphatic rings. The van der Waals surface area contributed by atoms with E-state index in [1.54, 1.807) is 6.08 Å². The lowest BCUT2D eigenvalue weighted by atomic mass is 9.96. The smallest absolute Gasteiger partial charge is 0.234 e. The highest BCUT2D eigenvalue weighted by Crippen LogP contribution is 2.16. The quantitative estimate of drug-likeness (QED) is 0.685. The van der Waals surface area contributed by atoms with Crippen molar-refractivity contribution in [3.05, 3.63) is 12.7 Å². The lowest BCUT2D eigenvalue weighted by Gasteiger charge is -2.36. The van der Waals surface area contributed by atoms with Gasteiger partial charge in [0, 0.05) is 38.6 Å². The van der Waals surface area contributed by atoms with E-state index >= 15 is 0 Å². The van der Waals surface area contributed by atoms with Gasteiger partial charge in [-0.2, -0.15) is 0 Å². The lowest BCUT2D eigenvalue weighted by Crippen LogP contribution is -2.53. The maximum Gasteiger partial charge on any atom is 0.234 e. The molecule has 2 fully saturated rings. The number of piperidine rings is 1.